The molecular weight excluding hydrogens is 372 g/mol. The molecule has 1 aromatic heterocycles. The quantitative estimate of drug-likeness (QED) is 0.444. The molecule has 6 heteroatoms. The highest BCUT2D eigenvalue weighted by Crippen LogP contribution is 2.16. The van der Waals surface area contributed by atoms with Gasteiger partial charge in [0.15, 0.2) is 5.96 Å². The number of halogens is 1. The van der Waals surface area contributed by atoms with E-state index in [9.17, 15) is 0 Å². The Morgan fingerprint density at radius 3 is 2.78 bits per heavy atom. The van der Waals surface area contributed by atoms with Crippen LogP contribution in [0, 0.1) is 13.8 Å². The molecular formula is C17H23BrN4S. The van der Waals surface area contributed by atoms with Crippen molar-refractivity contribution in [2.75, 3.05) is 13.6 Å². The Kier molecular flexibility index (Phi) is 7.05. The fourth-order valence-corrected chi connectivity index (χ4v) is 3.51. The van der Waals surface area contributed by atoms with Crippen LogP contribution in [-0.2, 0) is 13.0 Å². The number of rotatable bonds is 6. The summed E-state index contributed by atoms with van der Waals surface area (Å²) in [5.41, 5.74) is 2.46. The van der Waals surface area contributed by atoms with Gasteiger partial charge < -0.3 is 10.6 Å². The first kappa shape index (κ1) is 17.9. The van der Waals surface area contributed by atoms with Gasteiger partial charge in [0.05, 0.1) is 12.2 Å². The largest absolute Gasteiger partial charge is 0.356 e. The van der Waals surface area contributed by atoms with Crippen molar-refractivity contribution in [3.8, 4) is 0 Å². The molecule has 0 fully saturated rings. The Bertz CT molecular complexity index is 647. The average Bonchev–Trinajstić information content (AvgIpc) is 2.85. The van der Waals surface area contributed by atoms with Gasteiger partial charge in [0.25, 0.3) is 0 Å². The van der Waals surface area contributed by atoms with Crippen LogP contribution in [0.2, 0.25) is 0 Å². The Morgan fingerprint density at radius 2 is 2.13 bits per heavy atom. The van der Waals surface area contributed by atoms with E-state index in [-0.39, 0.29) is 0 Å². The first-order valence-corrected chi connectivity index (χ1v) is 9.31. The summed E-state index contributed by atoms with van der Waals surface area (Å²) in [6.07, 6.45) is 2.11. The normalized spacial score (nSPS) is 11.6. The fourth-order valence-electron chi connectivity index (χ4n) is 2.19. The van der Waals surface area contributed by atoms with Gasteiger partial charge in [-0.25, -0.2) is 4.98 Å². The summed E-state index contributed by atoms with van der Waals surface area (Å²) < 4.78 is 1.13. The summed E-state index contributed by atoms with van der Waals surface area (Å²) in [5.74, 6) is 0.824. The minimum atomic E-state index is 0.713. The van der Waals surface area contributed by atoms with Crippen LogP contribution in [0.1, 0.15) is 27.6 Å². The molecule has 0 unspecified atom stereocenters. The molecule has 4 nitrogen and oxygen atoms in total. The molecule has 2 aromatic rings. The van der Waals surface area contributed by atoms with Crippen LogP contribution in [0.15, 0.2) is 33.7 Å². The molecule has 0 saturated heterocycles. The third kappa shape index (κ3) is 5.95. The number of nitrogens with one attached hydrogen (secondary N) is 2. The SMILES string of the molecule is CN=C(NCCCc1cccc(Br)c1)NCc1nc(C)c(C)s1. The smallest absolute Gasteiger partial charge is 0.191 e. The van der Waals surface area contributed by atoms with Gasteiger partial charge in [0, 0.05) is 22.9 Å². The van der Waals surface area contributed by atoms with Gasteiger partial charge in [0.1, 0.15) is 5.01 Å². The van der Waals surface area contributed by atoms with Gasteiger partial charge in [0.2, 0.25) is 0 Å². The first-order valence-electron chi connectivity index (χ1n) is 7.70. The number of aryl methyl sites for hydroxylation is 3. The highest BCUT2D eigenvalue weighted by atomic mass is 79.9. The lowest BCUT2D eigenvalue weighted by molar-refractivity contribution is 0.740. The molecule has 2 N–H and O–H groups in total. The number of thiazole rings is 1. The molecule has 1 heterocycles. The second-order valence-electron chi connectivity index (χ2n) is 5.34. The van der Waals surface area contributed by atoms with E-state index >= 15 is 0 Å². The van der Waals surface area contributed by atoms with E-state index in [0.717, 1.165) is 40.5 Å². The van der Waals surface area contributed by atoms with Gasteiger partial charge in [-0.3, -0.25) is 4.99 Å². The molecule has 0 bridgehead atoms. The molecule has 1 aromatic carbocycles. The maximum absolute atomic E-state index is 4.53. The maximum Gasteiger partial charge on any atom is 0.191 e. The highest BCUT2D eigenvalue weighted by Gasteiger charge is 2.04. The number of benzene rings is 1. The molecule has 0 aliphatic heterocycles. The molecule has 0 amide bonds. The molecule has 0 atom stereocenters. The first-order chi connectivity index (χ1) is 11.1. The Balaban J connectivity index is 1.70. The zero-order chi connectivity index (χ0) is 16.7. The summed E-state index contributed by atoms with van der Waals surface area (Å²) in [6.45, 7) is 5.75. The van der Waals surface area contributed by atoms with Gasteiger partial charge in [-0.15, -0.1) is 11.3 Å². The van der Waals surface area contributed by atoms with Crippen molar-refractivity contribution in [3.05, 3.63) is 49.9 Å². The summed E-state index contributed by atoms with van der Waals surface area (Å²) in [7, 11) is 1.79. The summed E-state index contributed by atoms with van der Waals surface area (Å²) in [4.78, 5) is 10.1. The standard InChI is InChI=1S/C17H23BrN4S/c1-12-13(2)23-16(22-12)11-21-17(19-3)20-9-5-7-14-6-4-8-15(18)10-14/h4,6,8,10H,5,7,9,11H2,1-3H3,(H2,19,20,21). The average molecular weight is 395 g/mol. The van der Waals surface area contributed by atoms with E-state index in [4.69, 9.17) is 0 Å². The minimum absolute atomic E-state index is 0.713. The number of hydrogen-bond acceptors (Lipinski definition) is 3. The Hall–Kier alpha value is -1.40. The second kappa shape index (κ2) is 9.03. The predicted octanol–water partition coefficient (Wildman–Crippen LogP) is 3.82. The van der Waals surface area contributed by atoms with Crippen LogP contribution >= 0.6 is 27.3 Å². The Labute approximate surface area is 150 Å². The molecule has 23 heavy (non-hydrogen) atoms. The van der Waals surface area contributed by atoms with Gasteiger partial charge in [-0.05, 0) is 44.4 Å². The number of aliphatic imine (C=N–C) groups is 1. The van der Waals surface area contributed by atoms with Gasteiger partial charge in [-0.1, -0.05) is 28.1 Å². The number of aromatic nitrogens is 1. The Morgan fingerprint density at radius 1 is 1.30 bits per heavy atom. The van der Waals surface area contributed by atoms with Crippen molar-refractivity contribution in [3.63, 3.8) is 0 Å². The van der Waals surface area contributed by atoms with Crippen LogP contribution in [-0.4, -0.2) is 24.5 Å². The number of nitrogens with zero attached hydrogens (tertiary/aromatic N) is 2. The van der Waals surface area contributed by atoms with Crippen molar-refractivity contribution in [2.45, 2.75) is 33.2 Å². The predicted molar refractivity (Wildman–Crippen MR) is 102 cm³/mol. The van der Waals surface area contributed by atoms with Crippen LogP contribution in [0.3, 0.4) is 0 Å². The van der Waals surface area contributed by atoms with Gasteiger partial charge in [-0.2, -0.15) is 0 Å². The summed E-state index contributed by atoms with van der Waals surface area (Å²) in [5, 5.41) is 7.76. The van der Waals surface area contributed by atoms with Crippen molar-refractivity contribution in [1.82, 2.24) is 15.6 Å². The topological polar surface area (TPSA) is 49.3 Å². The van der Waals surface area contributed by atoms with Crippen LogP contribution in [0.25, 0.3) is 0 Å². The molecule has 0 aliphatic rings. The minimum Gasteiger partial charge on any atom is -0.356 e. The van der Waals surface area contributed by atoms with E-state index in [0.29, 0.717) is 6.54 Å². The van der Waals surface area contributed by atoms with Crippen molar-refractivity contribution in [1.29, 1.82) is 0 Å². The lowest BCUT2D eigenvalue weighted by atomic mass is 10.1. The zero-order valence-corrected chi connectivity index (χ0v) is 16.2. The summed E-state index contributed by atoms with van der Waals surface area (Å²) in [6, 6.07) is 8.45. The molecule has 2 rings (SSSR count). The van der Waals surface area contributed by atoms with E-state index in [1.807, 2.05) is 6.92 Å². The fraction of sp³-hybridized carbons (Fsp3) is 0.412. The van der Waals surface area contributed by atoms with E-state index in [1.165, 1.54) is 10.4 Å². The summed E-state index contributed by atoms with van der Waals surface area (Å²) >= 11 is 5.24. The number of guanidine groups is 1. The van der Waals surface area contributed by atoms with E-state index in [2.05, 4.69) is 67.7 Å². The lowest BCUT2D eigenvalue weighted by Crippen LogP contribution is -2.37. The van der Waals surface area contributed by atoms with Crippen molar-refractivity contribution >= 4 is 33.2 Å². The van der Waals surface area contributed by atoms with Crippen LogP contribution in [0.5, 0.6) is 0 Å². The molecule has 0 aliphatic carbocycles. The lowest BCUT2D eigenvalue weighted by Gasteiger charge is -2.10. The molecule has 0 radical (unpaired) electrons. The zero-order valence-electron chi connectivity index (χ0n) is 13.8. The van der Waals surface area contributed by atoms with Crippen molar-refractivity contribution in [2.24, 2.45) is 4.99 Å². The molecule has 0 spiro atoms. The van der Waals surface area contributed by atoms with Gasteiger partial charge >= 0.3 is 0 Å². The third-order valence-electron chi connectivity index (χ3n) is 3.53. The molecule has 0 saturated carbocycles. The van der Waals surface area contributed by atoms with Crippen LogP contribution in [0.4, 0.5) is 0 Å². The number of hydrogen-bond donors (Lipinski definition) is 2. The van der Waals surface area contributed by atoms with Crippen molar-refractivity contribution < 1.29 is 0 Å². The highest BCUT2D eigenvalue weighted by molar-refractivity contribution is 9.10. The molecule has 124 valence electrons. The van der Waals surface area contributed by atoms with E-state index in [1.54, 1.807) is 18.4 Å². The monoisotopic (exact) mass is 394 g/mol. The van der Waals surface area contributed by atoms with Crippen LogP contribution < -0.4 is 10.6 Å². The third-order valence-corrected chi connectivity index (χ3v) is 5.09. The van der Waals surface area contributed by atoms with E-state index < -0.39 is 0 Å². The second-order valence-corrected chi connectivity index (χ2v) is 7.54. The maximum atomic E-state index is 4.53.